The molecular formula is C17H25N. The zero-order chi connectivity index (χ0) is 12.6. The summed E-state index contributed by atoms with van der Waals surface area (Å²) in [6, 6.07) is 6.93. The first kappa shape index (κ1) is 12.2. The lowest BCUT2D eigenvalue weighted by Crippen LogP contribution is -2.44. The third-order valence-electron chi connectivity index (χ3n) is 5.50. The molecule has 1 nitrogen and oxygen atoms in total. The van der Waals surface area contributed by atoms with Gasteiger partial charge in [-0.2, -0.15) is 0 Å². The van der Waals surface area contributed by atoms with E-state index in [-0.39, 0.29) is 0 Å². The van der Waals surface area contributed by atoms with Crippen LogP contribution in [0.2, 0.25) is 0 Å². The van der Waals surface area contributed by atoms with Crippen LogP contribution in [-0.2, 0) is 11.8 Å². The average Bonchev–Trinajstić information content (AvgIpc) is 2.41. The van der Waals surface area contributed by atoms with Gasteiger partial charge < -0.3 is 5.73 Å². The molecule has 2 aliphatic carbocycles. The number of benzene rings is 1. The lowest BCUT2D eigenvalue weighted by atomic mass is 9.56. The van der Waals surface area contributed by atoms with Gasteiger partial charge in [-0.05, 0) is 67.2 Å². The maximum absolute atomic E-state index is 6.10. The van der Waals surface area contributed by atoms with Crippen molar-refractivity contribution in [2.75, 3.05) is 6.54 Å². The van der Waals surface area contributed by atoms with Gasteiger partial charge in [0, 0.05) is 0 Å². The minimum atomic E-state index is 0.423. The van der Waals surface area contributed by atoms with Crippen molar-refractivity contribution in [2.24, 2.45) is 11.7 Å². The number of hydrogen-bond acceptors (Lipinski definition) is 1. The molecule has 2 N–H and O–H groups in total. The molecule has 0 aromatic heterocycles. The minimum absolute atomic E-state index is 0.423. The van der Waals surface area contributed by atoms with E-state index in [4.69, 9.17) is 5.73 Å². The molecule has 1 aromatic carbocycles. The molecule has 1 unspecified atom stereocenters. The van der Waals surface area contributed by atoms with Crippen LogP contribution in [0.5, 0.6) is 0 Å². The molecule has 3 rings (SSSR count). The van der Waals surface area contributed by atoms with Crippen molar-refractivity contribution >= 4 is 0 Å². The molecule has 0 radical (unpaired) electrons. The van der Waals surface area contributed by atoms with Gasteiger partial charge in [-0.15, -0.1) is 0 Å². The number of nitrogens with two attached hydrogens (primary N) is 1. The second-order valence-corrected chi connectivity index (χ2v) is 6.29. The number of aryl methyl sites for hydroxylation is 1. The second-order valence-electron chi connectivity index (χ2n) is 6.29. The van der Waals surface area contributed by atoms with Crippen molar-refractivity contribution in [2.45, 2.75) is 57.3 Å². The fourth-order valence-corrected chi connectivity index (χ4v) is 4.52. The van der Waals surface area contributed by atoms with Crippen LogP contribution in [0.1, 0.15) is 55.2 Å². The summed E-state index contributed by atoms with van der Waals surface area (Å²) in [6.45, 7) is 3.14. The van der Waals surface area contributed by atoms with Gasteiger partial charge in [-0.1, -0.05) is 37.5 Å². The zero-order valence-electron chi connectivity index (χ0n) is 11.5. The molecule has 2 aliphatic rings. The van der Waals surface area contributed by atoms with Crippen molar-refractivity contribution in [1.82, 2.24) is 0 Å². The van der Waals surface area contributed by atoms with E-state index in [1.807, 2.05) is 0 Å². The highest BCUT2D eigenvalue weighted by Crippen LogP contribution is 2.50. The topological polar surface area (TPSA) is 26.0 Å². The normalized spacial score (nSPS) is 26.0. The first-order valence-electron chi connectivity index (χ1n) is 7.57. The first-order chi connectivity index (χ1) is 8.78. The Balaban J connectivity index is 2.11. The summed E-state index contributed by atoms with van der Waals surface area (Å²) in [4.78, 5) is 0. The van der Waals surface area contributed by atoms with E-state index < -0.39 is 0 Å². The van der Waals surface area contributed by atoms with E-state index in [1.165, 1.54) is 50.5 Å². The van der Waals surface area contributed by atoms with E-state index in [1.54, 1.807) is 11.1 Å². The van der Waals surface area contributed by atoms with E-state index in [0.717, 1.165) is 6.54 Å². The van der Waals surface area contributed by atoms with E-state index in [0.29, 0.717) is 11.3 Å². The predicted octanol–water partition coefficient (Wildman–Crippen LogP) is 3.72. The van der Waals surface area contributed by atoms with Crippen molar-refractivity contribution in [3.63, 3.8) is 0 Å². The summed E-state index contributed by atoms with van der Waals surface area (Å²) in [6.07, 6.45) is 9.48. The summed E-state index contributed by atoms with van der Waals surface area (Å²) >= 11 is 0. The first-order valence-corrected chi connectivity index (χ1v) is 7.57. The Morgan fingerprint density at radius 2 is 2.00 bits per heavy atom. The SMILES string of the molecule is Cc1cccc2c1CCC(CN)C21CCCCC1. The van der Waals surface area contributed by atoms with Crippen LogP contribution in [0.3, 0.4) is 0 Å². The Kier molecular flexibility index (Phi) is 3.19. The predicted molar refractivity (Wildman–Crippen MR) is 76.8 cm³/mol. The lowest BCUT2D eigenvalue weighted by Gasteiger charge is -2.48. The third-order valence-corrected chi connectivity index (χ3v) is 5.50. The van der Waals surface area contributed by atoms with Crippen LogP contribution in [0, 0.1) is 12.8 Å². The second kappa shape index (κ2) is 4.70. The van der Waals surface area contributed by atoms with Crippen LogP contribution < -0.4 is 5.73 Å². The maximum Gasteiger partial charge on any atom is -0.000381 e. The monoisotopic (exact) mass is 243 g/mol. The highest BCUT2D eigenvalue weighted by Gasteiger charge is 2.44. The van der Waals surface area contributed by atoms with Gasteiger partial charge in [-0.25, -0.2) is 0 Å². The van der Waals surface area contributed by atoms with Gasteiger partial charge >= 0.3 is 0 Å². The van der Waals surface area contributed by atoms with Gasteiger partial charge in [-0.3, -0.25) is 0 Å². The standard InChI is InChI=1S/C17H25N/c1-13-6-5-7-16-15(13)9-8-14(12-18)17(16)10-3-2-4-11-17/h5-7,14H,2-4,8-12,18H2,1H3. The Hall–Kier alpha value is -0.820. The zero-order valence-corrected chi connectivity index (χ0v) is 11.5. The van der Waals surface area contributed by atoms with Gasteiger partial charge in [0.2, 0.25) is 0 Å². The van der Waals surface area contributed by atoms with Crippen LogP contribution in [0.15, 0.2) is 18.2 Å². The summed E-state index contributed by atoms with van der Waals surface area (Å²) in [5, 5.41) is 0. The molecule has 18 heavy (non-hydrogen) atoms. The minimum Gasteiger partial charge on any atom is -0.330 e. The summed E-state index contributed by atoms with van der Waals surface area (Å²) in [5.74, 6) is 0.715. The van der Waals surface area contributed by atoms with Crippen molar-refractivity contribution in [3.8, 4) is 0 Å². The number of fused-ring (bicyclic) bond motifs is 2. The fourth-order valence-electron chi connectivity index (χ4n) is 4.52. The molecule has 1 heteroatoms. The Labute approximate surface area is 111 Å². The van der Waals surface area contributed by atoms with Crippen LogP contribution in [-0.4, -0.2) is 6.54 Å². The number of rotatable bonds is 1. The van der Waals surface area contributed by atoms with Crippen LogP contribution in [0.25, 0.3) is 0 Å². The highest BCUT2D eigenvalue weighted by atomic mass is 14.6. The third kappa shape index (κ3) is 1.72. The van der Waals surface area contributed by atoms with Gasteiger partial charge in [0.1, 0.15) is 0 Å². The van der Waals surface area contributed by atoms with Gasteiger partial charge in [0.05, 0.1) is 0 Å². The molecular weight excluding hydrogens is 218 g/mol. The molecule has 0 aliphatic heterocycles. The largest absolute Gasteiger partial charge is 0.330 e. The maximum atomic E-state index is 6.10. The molecule has 1 spiro atoms. The van der Waals surface area contributed by atoms with Crippen LogP contribution in [0.4, 0.5) is 0 Å². The fraction of sp³-hybridized carbons (Fsp3) is 0.647. The quantitative estimate of drug-likeness (QED) is 0.799. The molecule has 1 aromatic rings. The van der Waals surface area contributed by atoms with E-state index in [9.17, 15) is 0 Å². The van der Waals surface area contributed by atoms with Crippen molar-refractivity contribution < 1.29 is 0 Å². The van der Waals surface area contributed by atoms with E-state index >= 15 is 0 Å². The smallest absolute Gasteiger partial charge is 0.000381 e. The molecule has 0 heterocycles. The number of hydrogen-bond donors (Lipinski definition) is 1. The van der Waals surface area contributed by atoms with Crippen molar-refractivity contribution in [1.29, 1.82) is 0 Å². The molecule has 1 atom stereocenters. The molecule has 1 fully saturated rings. The Morgan fingerprint density at radius 1 is 1.22 bits per heavy atom. The highest BCUT2D eigenvalue weighted by molar-refractivity contribution is 5.43. The molecule has 0 bridgehead atoms. The molecule has 98 valence electrons. The summed E-state index contributed by atoms with van der Waals surface area (Å²) in [5.41, 5.74) is 11.3. The molecule has 1 saturated carbocycles. The van der Waals surface area contributed by atoms with E-state index in [2.05, 4.69) is 25.1 Å². The average molecular weight is 243 g/mol. The summed E-state index contributed by atoms with van der Waals surface area (Å²) < 4.78 is 0. The van der Waals surface area contributed by atoms with Crippen LogP contribution >= 0.6 is 0 Å². The molecule has 0 saturated heterocycles. The van der Waals surface area contributed by atoms with Crippen molar-refractivity contribution in [3.05, 3.63) is 34.9 Å². The lowest BCUT2D eigenvalue weighted by molar-refractivity contribution is 0.171. The molecule has 0 amide bonds. The summed E-state index contributed by atoms with van der Waals surface area (Å²) in [7, 11) is 0. The van der Waals surface area contributed by atoms with Gasteiger partial charge in [0.15, 0.2) is 0 Å². The Morgan fingerprint density at radius 3 is 2.72 bits per heavy atom. The Bertz CT molecular complexity index is 429. The van der Waals surface area contributed by atoms with Gasteiger partial charge in [0.25, 0.3) is 0 Å².